The molecule has 2 aromatic heterocycles. The van der Waals surface area contributed by atoms with Crippen LogP contribution in [0.1, 0.15) is 68.5 Å². The second-order valence-electron chi connectivity index (χ2n) is 11.2. The number of rotatable bonds is 6. The van der Waals surface area contributed by atoms with Gasteiger partial charge in [-0.15, -0.1) is 11.1 Å². The van der Waals surface area contributed by atoms with Crippen LogP contribution in [0, 0.1) is 0 Å². The zero-order valence-electron chi connectivity index (χ0n) is 23.2. The predicted octanol–water partition coefficient (Wildman–Crippen LogP) is 2.76. The fourth-order valence-electron chi connectivity index (χ4n) is 5.84. The summed E-state index contributed by atoms with van der Waals surface area (Å²) in [4.78, 5) is 23.2. The summed E-state index contributed by atoms with van der Waals surface area (Å²) in [6.45, 7) is 19.5. The van der Waals surface area contributed by atoms with Crippen LogP contribution < -0.4 is 11.3 Å². The SMILES string of the molecule is CC(C)[S+](C(C)C)[C@@]1(C)OC[C@@H]2O[C@@H](n3cnc4c(=O)[nH]c(N)nc43)[C@H](O)[C@H]2O[Si-](C(C)C)(C(C)C)O1. The number of nitrogen functional groups attached to an aromatic ring is 1. The van der Waals surface area contributed by atoms with E-state index in [1.54, 1.807) is 4.57 Å². The highest BCUT2D eigenvalue weighted by Crippen LogP contribution is 2.47. The van der Waals surface area contributed by atoms with Crippen LogP contribution in [0.2, 0.25) is 11.1 Å². The quantitative estimate of drug-likeness (QED) is 0.361. The molecule has 0 bridgehead atoms. The highest BCUT2D eigenvalue weighted by atomic mass is 32.2. The first kappa shape index (κ1) is 28.5. The molecular formula is C24H42N5O6SSi. The lowest BCUT2D eigenvalue weighted by atomic mass is 10.1. The van der Waals surface area contributed by atoms with Gasteiger partial charge in [-0.1, -0.05) is 27.7 Å². The minimum absolute atomic E-state index is 0.0399. The molecule has 0 radical (unpaired) electrons. The van der Waals surface area contributed by atoms with Crippen molar-refractivity contribution in [3.8, 4) is 0 Å². The Labute approximate surface area is 222 Å². The molecule has 0 aromatic carbocycles. The van der Waals surface area contributed by atoms with E-state index in [0.29, 0.717) is 10.5 Å². The zero-order chi connectivity index (χ0) is 27.4. The fraction of sp³-hybridized carbons (Fsp3) is 0.792. The Morgan fingerprint density at radius 3 is 2.38 bits per heavy atom. The molecule has 2 fully saturated rings. The molecule has 2 aliphatic heterocycles. The topological polar surface area (TPSA) is 147 Å². The second-order valence-corrected chi connectivity index (χ2v) is 18.8. The van der Waals surface area contributed by atoms with Crippen LogP contribution in [0.4, 0.5) is 5.95 Å². The van der Waals surface area contributed by atoms with Crippen LogP contribution in [0.25, 0.3) is 11.2 Å². The molecule has 11 nitrogen and oxygen atoms in total. The van der Waals surface area contributed by atoms with E-state index in [-0.39, 0.29) is 45.7 Å². The van der Waals surface area contributed by atoms with E-state index in [0.717, 1.165) is 0 Å². The third kappa shape index (κ3) is 4.88. The largest absolute Gasteiger partial charge is 0.538 e. The summed E-state index contributed by atoms with van der Waals surface area (Å²) in [6, 6.07) is 0. The smallest absolute Gasteiger partial charge is 0.302 e. The number of aliphatic hydroxyl groups is 1. The van der Waals surface area contributed by atoms with Crippen LogP contribution in [0.15, 0.2) is 11.1 Å². The standard InChI is InChI=1S/C24H41N5O6SSi/c1-12(2)36(13(3)4)24(9)32-10-16-19(34-37(35-24,14(5)6)15(7)8)18(30)22(33-16)29-11-26-17-20(29)27-23(25)28-21(17)31/h11-16,18-19,22,30H,10H2,1-9H3,(H2-,25,27,28,31)/q-1/p+1/t16-,18+,19-,22+,24-/m0/s1. The first-order valence-corrected chi connectivity index (χ1v) is 16.3. The number of ether oxygens (including phenoxy) is 2. The number of aromatic nitrogens is 4. The lowest BCUT2D eigenvalue weighted by Crippen LogP contribution is -2.64. The minimum Gasteiger partial charge on any atom is -0.538 e. The third-order valence-corrected chi connectivity index (χ3v) is 15.1. The van der Waals surface area contributed by atoms with Crippen LogP contribution in [0.3, 0.4) is 0 Å². The fourth-order valence-corrected chi connectivity index (χ4v) is 13.4. The molecule has 0 unspecified atom stereocenters. The first-order chi connectivity index (χ1) is 17.2. The van der Waals surface area contributed by atoms with E-state index in [2.05, 4.69) is 70.3 Å². The third-order valence-electron chi connectivity index (χ3n) is 7.26. The van der Waals surface area contributed by atoms with Crippen LogP contribution in [0.5, 0.6) is 0 Å². The van der Waals surface area contributed by atoms with Gasteiger partial charge >= 0.3 is 5.12 Å². The van der Waals surface area contributed by atoms with Crippen LogP contribution in [-0.4, -0.2) is 73.7 Å². The molecule has 0 amide bonds. The number of nitrogens with one attached hydrogen (secondary N) is 1. The summed E-state index contributed by atoms with van der Waals surface area (Å²) in [5.41, 5.74) is 5.85. The van der Waals surface area contributed by atoms with Crippen LogP contribution >= 0.6 is 0 Å². The van der Waals surface area contributed by atoms with E-state index in [4.69, 9.17) is 24.1 Å². The Morgan fingerprint density at radius 1 is 1.19 bits per heavy atom. The van der Waals surface area contributed by atoms with Gasteiger partial charge in [-0.3, -0.25) is 14.3 Å². The summed E-state index contributed by atoms with van der Waals surface area (Å²) >= 11 is 0. The number of nitrogens with zero attached hydrogens (tertiary/aromatic N) is 3. The highest BCUT2D eigenvalue weighted by Gasteiger charge is 2.57. The van der Waals surface area contributed by atoms with Gasteiger partial charge in [-0.05, 0) is 27.7 Å². The Morgan fingerprint density at radius 2 is 1.81 bits per heavy atom. The number of anilines is 1. The average molecular weight is 557 g/mol. The van der Waals surface area contributed by atoms with Crippen molar-refractivity contribution >= 4 is 36.6 Å². The number of hydrogen-bond donors (Lipinski definition) is 3. The van der Waals surface area contributed by atoms with E-state index < -0.39 is 43.8 Å². The van der Waals surface area contributed by atoms with Crippen molar-refractivity contribution in [2.24, 2.45) is 0 Å². The molecule has 4 heterocycles. The van der Waals surface area contributed by atoms with Gasteiger partial charge in [0.2, 0.25) is 5.95 Å². The second kappa shape index (κ2) is 10.2. The van der Waals surface area contributed by atoms with E-state index in [1.165, 1.54) is 6.33 Å². The number of fused-ring (bicyclic) bond motifs is 2. The molecule has 2 aliphatic rings. The molecule has 13 heteroatoms. The molecule has 37 heavy (non-hydrogen) atoms. The number of aromatic amines is 1. The van der Waals surface area contributed by atoms with Crippen molar-refractivity contribution in [3.63, 3.8) is 0 Å². The maximum Gasteiger partial charge on any atom is 0.302 e. The van der Waals surface area contributed by atoms with E-state index in [1.807, 2.05) is 6.92 Å². The van der Waals surface area contributed by atoms with Crippen molar-refractivity contribution < 1.29 is 23.4 Å². The number of hydrogen-bond acceptors (Lipinski definition) is 9. The number of imidazole rings is 1. The van der Waals surface area contributed by atoms with Gasteiger partial charge in [0.05, 0.1) is 29.9 Å². The molecule has 0 spiro atoms. The average Bonchev–Trinajstić information content (AvgIpc) is 3.30. The highest BCUT2D eigenvalue weighted by molar-refractivity contribution is 7.99. The molecule has 2 saturated heterocycles. The van der Waals surface area contributed by atoms with Crippen LogP contribution in [-0.2, 0) is 29.2 Å². The summed E-state index contributed by atoms with van der Waals surface area (Å²) < 4.78 is 28.6. The van der Waals surface area contributed by atoms with E-state index >= 15 is 0 Å². The summed E-state index contributed by atoms with van der Waals surface area (Å²) in [6.07, 6.45) is -1.78. The molecule has 209 valence electrons. The van der Waals surface area contributed by atoms with Crippen molar-refractivity contribution in [2.45, 2.75) is 114 Å². The van der Waals surface area contributed by atoms with Gasteiger partial charge in [0.1, 0.15) is 31.3 Å². The number of H-pyrrole nitrogens is 1. The maximum atomic E-state index is 12.3. The van der Waals surface area contributed by atoms with Crippen molar-refractivity contribution in [3.05, 3.63) is 16.7 Å². The van der Waals surface area contributed by atoms with Crippen molar-refractivity contribution in [2.75, 3.05) is 12.3 Å². The molecule has 4 rings (SSSR count). The van der Waals surface area contributed by atoms with Crippen molar-refractivity contribution in [1.82, 2.24) is 19.5 Å². The van der Waals surface area contributed by atoms with Gasteiger partial charge in [0.15, 0.2) is 17.4 Å². The first-order valence-electron chi connectivity index (χ1n) is 13.0. The van der Waals surface area contributed by atoms with Crippen molar-refractivity contribution in [1.29, 1.82) is 0 Å². The summed E-state index contributed by atoms with van der Waals surface area (Å²) in [5.74, 6) is -0.0399. The monoisotopic (exact) mass is 556 g/mol. The Kier molecular flexibility index (Phi) is 7.90. The van der Waals surface area contributed by atoms with E-state index in [9.17, 15) is 9.90 Å². The van der Waals surface area contributed by atoms with Gasteiger partial charge in [-0.25, -0.2) is 4.98 Å². The zero-order valence-corrected chi connectivity index (χ0v) is 25.0. The maximum absolute atomic E-state index is 12.3. The number of nitrogens with two attached hydrogens (primary N) is 1. The molecule has 0 aliphatic carbocycles. The summed E-state index contributed by atoms with van der Waals surface area (Å²) in [5, 5.41) is 11.4. The van der Waals surface area contributed by atoms with Gasteiger partial charge < -0.3 is 29.2 Å². The lowest BCUT2D eigenvalue weighted by Gasteiger charge is -2.57. The molecule has 5 atom stereocenters. The Balaban J connectivity index is 1.78. The van der Waals surface area contributed by atoms with Gasteiger partial charge in [-0.2, -0.15) is 4.98 Å². The lowest BCUT2D eigenvalue weighted by molar-refractivity contribution is -0.178. The molecule has 0 saturated carbocycles. The number of aliphatic hydroxyl groups excluding tert-OH is 1. The molecular weight excluding hydrogens is 514 g/mol. The summed E-state index contributed by atoms with van der Waals surface area (Å²) in [7, 11) is -3.24. The normalized spacial score (nSPS) is 30.6. The van der Waals surface area contributed by atoms with Gasteiger partial charge in [0, 0.05) is 6.92 Å². The molecule has 4 N–H and O–H groups in total. The predicted molar refractivity (Wildman–Crippen MR) is 146 cm³/mol. The Hall–Kier alpha value is -1.48. The Bertz CT molecular complexity index is 1160. The van der Waals surface area contributed by atoms with Gasteiger partial charge in [0.25, 0.3) is 5.56 Å². The minimum atomic E-state index is -3.00. The molecule has 2 aromatic rings.